The van der Waals surface area contributed by atoms with Crippen molar-refractivity contribution in [3.8, 4) is 11.1 Å². The lowest BCUT2D eigenvalue weighted by Crippen LogP contribution is -2.39. The highest BCUT2D eigenvalue weighted by atomic mass is 32.2. The number of hydrogen-bond acceptors (Lipinski definition) is 7. The van der Waals surface area contributed by atoms with Crippen molar-refractivity contribution >= 4 is 32.2 Å². The summed E-state index contributed by atoms with van der Waals surface area (Å²) in [5.41, 5.74) is 5.41. The van der Waals surface area contributed by atoms with E-state index in [1.807, 2.05) is 24.4 Å². The van der Waals surface area contributed by atoms with Crippen LogP contribution in [0.2, 0.25) is 0 Å². The van der Waals surface area contributed by atoms with Gasteiger partial charge >= 0.3 is 5.76 Å². The van der Waals surface area contributed by atoms with Gasteiger partial charge in [0.2, 0.25) is 10.0 Å². The summed E-state index contributed by atoms with van der Waals surface area (Å²) in [7, 11) is -2.25. The third kappa shape index (κ3) is 3.90. The molecule has 0 saturated carbocycles. The summed E-state index contributed by atoms with van der Waals surface area (Å²) in [6.07, 6.45) is 7.11. The lowest BCUT2D eigenvalue weighted by atomic mass is 9.91. The molecule has 1 aliphatic carbocycles. The molecule has 1 aromatic carbocycles. The first-order chi connectivity index (χ1) is 16.9. The van der Waals surface area contributed by atoms with Crippen molar-refractivity contribution in [1.82, 2.24) is 24.2 Å². The van der Waals surface area contributed by atoms with Crippen LogP contribution in [0.5, 0.6) is 0 Å². The largest absolute Gasteiger partial charge is 0.419 e. The van der Waals surface area contributed by atoms with Gasteiger partial charge in [-0.3, -0.25) is 9.55 Å². The molecule has 0 fully saturated rings. The molecule has 6 rings (SSSR count). The third-order valence-electron chi connectivity index (χ3n) is 6.44. The monoisotopic (exact) mass is 487 g/mol. The molecule has 0 saturated heterocycles. The van der Waals surface area contributed by atoms with E-state index in [9.17, 15) is 13.2 Å². The summed E-state index contributed by atoms with van der Waals surface area (Å²) in [5.74, 6) is -0.535. The molecule has 1 aliphatic rings. The van der Waals surface area contributed by atoms with Gasteiger partial charge < -0.3 is 4.42 Å². The van der Waals surface area contributed by atoms with E-state index in [4.69, 9.17) is 9.40 Å². The second-order valence-corrected chi connectivity index (χ2v) is 10.4. The number of nitrogens with one attached hydrogen (secondary N) is 1. The first-order valence-electron chi connectivity index (χ1n) is 11.2. The Morgan fingerprint density at radius 1 is 1.09 bits per heavy atom. The van der Waals surface area contributed by atoms with Crippen molar-refractivity contribution in [2.45, 2.75) is 30.2 Å². The molecule has 10 heteroatoms. The smallest absolute Gasteiger partial charge is 0.408 e. The molecule has 4 heterocycles. The number of sulfonamides is 1. The fourth-order valence-electron chi connectivity index (χ4n) is 4.58. The molecular formula is C25H21N5O4S. The predicted molar refractivity (Wildman–Crippen MR) is 130 cm³/mol. The molecule has 4 aromatic heterocycles. The number of rotatable bonds is 4. The number of benzene rings is 1. The maximum Gasteiger partial charge on any atom is 0.419 e. The maximum absolute atomic E-state index is 13.1. The van der Waals surface area contributed by atoms with Crippen LogP contribution in [0.15, 0.2) is 75.2 Å². The molecule has 9 nitrogen and oxygen atoms in total. The van der Waals surface area contributed by atoms with Crippen LogP contribution in [-0.2, 0) is 29.9 Å². The van der Waals surface area contributed by atoms with Crippen LogP contribution in [0.1, 0.15) is 17.7 Å². The zero-order valence-corrected chi connectivity index (χ0v) is 19.6. The first kappa shape index (κ1) is 21.6. The van der Waals surface area contributed by atoms with E-state index in [0.29, 0.717) is 36.0 Å². The average Bonchev–Trinajstić information content (AvgIpc) is 3.15. The number of oxazole rings is 1. The van der Waals surface area contributed by atoms with E-state index in [2.05, 4.69) is 20.8 Å². The Hall–Kier alpha value is -3.89. The number of aromatic nitrogens is 4. The van der Waals surface area contributed by atoms with Gasteiger partial charge in [-0.15, -0.1) is 0 Å². The highest BCUT2D eigenvalue weighted by molar-refractivity contribution is 7.89. The average molecular weight is 488 g/mol. The summed E-state index contributed by atoms with van der Waals surface area (Å²) in [6, 6.07) is 12.1. The molecule has 0 radical (unpaired) electrons. The minimum atomic E-state index is -3.79. The van der Waals surface area contributed by atoms with Crippen molar-refractivity contribution in [2.75, 3.05) is 0 Å². The summed E-state index contributed by atoms with van der Waals surface area (Å²) < 4.78 is 35.5. The fraction of sp³-hybridized carbons (Fsp3) is 0.200. The molecular weight excluding hydrogens is 466 g/mol. The second-order valence-electron chi connectivity index (χ2n) is 8.72. The standard InChI is InChI=1S/C25H21N5O4S/c1-30-22-13-20(3-5-23(22)34-25(30)31)35(32,33)29-19-2-4-21-16(12-19)10-17-11-18(14-27-24(17)28-21)15-6-8-26-9-7-15/h3,5-11,13-14,19,29H,2,4,12H2,1H3/t19-/m1/s1. The molecule has 0 aliphatic heterocycles. The summed E-state index contributed by atoms with van der Waals surface area (Å²) in [6.45, 7) is 0. The Bertz CT molecular complexity index is 1760. The number of hydrogen-bond donors (Lipinski definition) is 1. The number of pyridine rings is 3. The van der Waals surface area contributed by atoms with Crippen LogP contribution in [0.3, 0.4) is 0 Å². The lowest BCUT2D eigenvalue weighted by Gasteiger charge is -2.25. The van der Waals surface area contributed by atoms with Crippen LogP contribution in [0.4, 0.5) is 0 Å². The van der Waals surface area contributed by atoms with Crippen LogP contribution in [0, 0.1) is 0 Å². The molecule has 0 bridgehead atoms. The van der Waals surface area contributed by atoms with Crippen molar-refractivity contribution in [1.29, 1.82) is 0 Å². The molecule has 176 valence electrons. The third-order valence-corrected chi connectivity index (χ3v) is 7.96. The Balaban J connectivity index is 1.28. The van der Waals surface area contributed by atoms with Gasteiger partial charge in [0.25, 0.3) is 0 Å². The molecule has 1 atom stereocenters. The van der Waals surface area contributed by atoms with Crippen molar-refractivity contribution < 1.29 is 12.8 Å². The minimum Gasteiger partial charge on any atom is -0.408 e. The topological polar surface area (TPSA) is 120 Å². The van der Waals surface area contributed by atoms with Crippen molar-refractivity contribution in [3.63, 3.8) is 0 Å². The fourth-order valence-corrected chi connectivity index (χ4v) is 5.87. The van der Waals surface area contributed by atoms with Crippen LogP contribution in [-0.4, -0.2) is 34.0 Å². The number of nitrogens with zero attached hydrogens (tertiary/aromatic N) is 4. The zero-order chi connectivity index (χ0) is 24.2. The van der Waals surface area contributed by atoms with Crippen molar-refractivity contribution in [3.05, 3.63) is 82.9 Å². The second kappa shape index (κ2) is 8.10. The van der Waals surface area contributed by atoms with Crippen LogP contribution in [0.25, 0.3) is 33.3 Å². The Labute approximate surface area is 200 Å². The minimum absolute atomic E-state index is 0.0926. The van der Waals surface area contributed by atoms with Gasteiger partial charge in [-0.2, -0.15) is 0 Å². The lowest BCUT2D eigenvalue weighted by molar-refractivity contribution is 0.503. The Kier molecular flexibility index (Phi) is 5.01. The van der Waals surface area contributed by atoms with Gasteiger partial charge in [-0.25, -0.2) is 27.9 Å². The van der Waals surface area contributed by atoms with Gasteiger partial charge in [0, 0.05) is 48.3 Å². The SMILES string of the molecule is Cn1c(=O)oc2ccc(S(=O)(=O)N[C@@H]3CCc4nc5ncc(-c6ccncc6)cc5cc4C3)cc21. The highest BCUT2D eigenvalue weighted by Crippen LogP contribution is 2.27. The number of fused-ring (bicyclic) bond motifs is 3. The molecule has 5 aromatic rings. The zero-order valence-electron chi connectivity index (χ0n) is 18.8. The highest BCUT2D eigenvalue weighted by Gasteiger charge is 2.26. The Morgan fingerprint density at radius 3 is 2.74 bits per heavy atom. The molecule has 35 heavy (non-hydrogen) atoms. The molecule has 0 unspecified atom stereocenters. The maximum atomic E-state index is 13.1. The van der Waals surface area contributed by atoms with Gasteiger partial charge in [0.05, 0.1) is 10.4 Å². The number of aryl methyl sites for hydroxylation is 2. The summed E-state index contributed by atoms with van der Waals surface area (Å²) in [4.78, 5) is 25.2. The molecule has 0 spiro atoms. The van der Waals surface area contributed by atoms with Gasteiger partial charge in [-0.05, 0) is 72.9 Å². The van der Waals surface area contributed by atoms with E-state index < -0.39 is 15.8 Å². The van der Waals surface area contributed by atoms with Crippen LogP contribution >= 0.6 is 0 Å². The van der Waals surface area contributed by atoms with E-state index in [0.717, 1.165) is 27.8 Å². The van der Waals surface area contributed by atoms with Crippen LogP contribution < -0.4 is 10.5 Å². The van der Waals surface area contributed by atoms with Crippen molar-refractivity contribution in [2.24, 2.45) is 7.05 Å². The quantitative estimate of drug-likeness (QED) is 0.414. The van der Waals surface area contributed by atoms with Gasteiger partial charge in [-0.1, -0.05) is 0 Å². The summed E-state index contributed by atoms with van der Waals surface area (Å²) >= 11 is 0. The van der Waals surface area contributed by atoms with E-state index in [-0.39, 0.29) is 10.9 Å². The summed E-state index contributed by atoms with van der Waals surface area (Å²) in [5, 5.41) is 0.910. The predicted octanol–water partition coefficient (Wildman–Crippen LogP) is 2.97. The molecule has 1 N–H and O–H groups in total. The van der Waals surface area contributed by atoms with Gasteiger partial charge in [0.15, 0.2) is 11.2 Å². The van der Waals surface area contributed by atoms with E-state index in [1.54, 1.807) is 19.4 Å². The normalized spacial score (nSPS) is 16.0. The van der Waals surface area contributed by atoms with Gasteiger partial charge in [0.1, 0.15) is 0 Å². The first-order valence-corrected chi connectivity index (χ1v) is 12.7. The van der Waals surface area contributed by atoms with E-state index >= 15 is 0 Å². The Morgan fingerprint density at radius 2 is 1.91 bits per heavy atom. The van der Waals surface area contributed by atoms with E-state index in [1.165, 1.54) is 22.8 Å². The molecule has 0 amide bonds.